The van der Waals surface area contributed by atoms with Gasteiger partial charge in [-0.25, -0.2) is 0 Å². The summed E-state index contributed by atoms with van der Waals surface area (Å²) in [7, 11) is 3.66. The molecule has 0 spiro atoms. The van der Waals surface area contributed by atoms with Crippen LogP contribution < -0.4 is 15.4 Å². The van der Waals surface area contributed by atoms with Crippen molar-refractivity contribution in [3.8, 4) is 5.75 Å². The van der Waals surface area contributed by atoms with E-state index in [-0.39, 0.29) is 0 Å². The van der Waals surface area contributed by atoms with Crippen LogP contribution in [-0.4, -0.2) is 26.7 Å². The van der Waals surface area contributed by atoms with Crippen LogP contribution in [0.5, 0.6) is 5.75 Å². The zero-order chi connectivity index (χ0) is 11.1. The molecule has 1 unspecified atom stereocenters. The third-order valence-corrected chi connectivity index (χ3v) is 2.34. The van der Waals surface area contributed by atoms with E-state index in [1.807, 2.05) is 25.2 Å². The Hall–Kier alpha value is -1.06. The largest absolute Gasteiger partial charge is 0.496 e. The number of hydrogen-bond acceptors (Lipinski definition) is 3. The molecule has 2 N–H and O–H groups in total. The molecule has 3 nitrogen and oxygen atoms in total. The van der Waals surface area contributed by atoms with Gasteiger partial charge in [-0.1, -0.05) is 18.2 Å². The van der Waals surface area contributed by atoms with E-state index in [9.17, 15) is 0 Å². The van der Waals surface area contributed by atoms with Crippen LogP contribution in [-0.2, 0) is 6.54 Å². The summed E-state index contributed by atoms with van der Waals surface area (Å²) in [5.41, 5.74) is 1.20. The van der Waals surface area contributed by atoms with Crippen molar-refractivity contribution in [3.05, 3.63) is 29.8 Å². The Balaban J connectivity index is 2.49. The molecule has 1 aromatic carbocycles. The van der Waals surface area contributed by atoms with Crippen LogP contribution in [0.2, 0.25) is 0 Å². The first-order valence-corrected chi connectivity index (χ1v) is 5.27. The molecule has 0 bridgehead atoms. The minimum Gasteiger partial charge on any atom is -0.496 e. The summed E-state index contributed by atoms with van der Waals surface area (Å²) in [6, 6.07) is 8.54. The summed E-state index contributed by atoms with van der Waals surface area (Å²) in [6.45, 7) is 3.97. The van der Waals surface area contributed by atoms with Crippen molar-refractivity contribution in [3.63, 3.8) is 0 Å². The summed E-state index contributed by atoms with van der Waals surface area (Å²) >= 11 is 0. The highest BCUT2D eigenvalue weighted by Crippen LogP contribution is 2.16. The van der Waals surface area contributed by atoms with Gasteiger partial charge in [0.25, 0.3) is 0 Å². The Bertz CT molecular complexity index is 289. The fourth-order valence-corrected chi connectivity index (χ4v) is 1.51. The van der Waals surface area contributed by atoms with Gasteiger partial charge in [0, 0.05) is 24.7 Å². The number of ether oxygens (including phenoxy) is 1. The van der Waals surface area contributed by atoms with Crippen molar-refractivity contribution in [1.82, 2.24) is 10.6 Å². The van der Waals surface area contributed by atoms with Gasteiger partial charge in [0.15, 0.2) is 0 Å². The van der Waals surface area contributed by atoms with Gasteiger partial charge in [-0.05, 0) is 20.0 Å². The van der Waals surface area contributed by atoms with Crippen molar-refractivity contribution in [1.29, 1.82) is 0 Å². The normalized spacial score (nSPS) is 12.5. The molecule has 15 heavy (non-hydrogen) atoms. The number of rotatable bonds is 6. The molecule has 0 aliphatic carbocycles. The van der Waals surface area contributed by atoms with Gasteiger partial charge < -0.3 is 15.4 Å². The molecule has 0 saturated heterocycles. The SMILES string of the molecule is CNCC(C)NCc1ccccc1OC. The van der Waals surface area contributed by atoms with Crippen LogP contribution in [0, 0.1) is 0 Å². The number of hydrogen-bond donors (Lipinski definition) is 2. The molecular weight excluding hydrogens is 188 g/mol. The number of likely N-dealkylation sites (N-methyl/N-ethyl adjacent to an activating group) is 1. The molecule has 0 aliphatic heterocycles. The van der Waals surface area contributed by atoms with Gasteiger partial charge in [0.2, 0.25) is 0 Å². The first-order chi connectivity index (χ1) is 7.27. The summed E-state index contributed by atoms with van der Waals surface area (Å²) in [4.78, 5) is 0. The lowest BCUT2D eigenvalue weighted by atomic mass is 10.2. The van der Waals surface area contributed by atoms with Crippen molar-refractivity contribution >= 4 is 0 Å². The van der Waals surface area contributed by atoms with E-state index < -0.39 is 0 Å². The van der Waals surface area contributed by atoms with Crippen LogP contribution in [0.25, 0.3) is 0 Å². The molecule has 1 atom stereocenters. The predicted molar refractivity (Wildman–Crippen MR) is 63.2 cm³/mol. The summed E-state index contributed by atoms with van der Waals surface area (Å²) in [5, 5.41) is 6.57. The van der Waals surface area contributed by atoms with E-state index >= 15 is 0 Å². The minimum atomic E-state index is 0.458. The topological polar surface area (TPSA) is 33.3 Å². The van der Waals surface area contributed by atoms with Gasteiger partial charge >= 0.3 is 0 Å². The van der Waals surface area contributed by atoms with Gasteiger partial charge in [-0.2, -0.15) is 0 Å². The van der Waals surface area contributed by atoms with Crippen LogP contribution in [0.15, 0.2) is 24.3 Å². The average Bonchev–Trinajstić information content (AvgIpc) is 2.27. The molecule has 0 amide bonds. The first-order valence-electron chi connectivity index (χ1n) is 5.27. The lowest BCUT2D eigenvalue weighted by Crippen LogP contribution is -2.34. The lowest BCUT2D eigenvalue weighted by Gasteiger charge is -2.14. The summed E-state index contributed by atoms with van der Waals surface area (Å²) in [6.07, 6.45) is 0. The molecule has 0 aliphatic rings. The van der Waals surface area contributed by atoms with Crippen LogP contribution in [0.4, 0.5) is 0 Å². The Morgan fingerprint density at radius 3 is 2.73 bits per heavy atom. The molecule has 0 heterocycles. The maximum atomic E-state index is 5.28. The van der Waals surface area contributed by atoms with Crippen molar-refractivity contribution in [2.24, 2.45) is 0 Å². The molecule has 0 saturated carbocycles. The average molecular weight is 208 g/mol. The Morgan fingerprint density at radius 2 is 2.07 bits per heavy atom. The highest BCUT2D eigenvalue weighted by molar-refractivity contribution is 5.32. The minimum absolute atomic E-state index is 0.458. The maximum absolute atomic E-state index is 5.28. The first kappa shape index (κ1) is 12.0. The fraction of sp³-hybridized carbons (Fsp3) is 0.500. The molecule has 0 aromatic heterocycles. The van der Waals surface area contributed by atoms with Gasteiger partial charge in [-0.15, -0.1) is 0 Å². The molecule has 3 heteroatoms. The van der Waals surface area contributed by atoms with Crippen LogP contribution in [0.1, 0.15) is 12.5 Å². The van der Waals surface area contributed by atoms with E-state index in [1.54, 1.807) is 7.11 Å². The van der Waals surface area contributed by atoms with E-state index in [0.29, 0.717) is 6.04 Å². The second kappa shape index (κ2) is 6.43. The third kappa shape index (κ3) is 3.90. The van der Waals surface area contributed by atoms with Gasteiger partial charge in [0.05, 0.1) is 7.11 Å². The van der Waals surface area contributed by atoms with Crippen molar-refractivity contribution in [2.45, 2.75) is 19.5 Å². The molecule has 1 rings (SSSR count). The quantitative estimate of drug-likeness (QED) is 0.741. The maximum Gasteiger partial charge on any atom is 0.123 e. The molecule has 0 fully saturated rings. The number of methoxy groups -OCH3 is 1. The van der Waals surface area contributed by atoms with Crippen LogP contribution >= 0.6 is 0 Å². The second-order valence-corrected chi connectivity index (χ2v) is 3.65. The van der Waals surface area contributed by atoms with E-state index in [1.165, 1.54) is 5.56 Å². The highest BCUT2D eigenvalue weighted by Gasteiger charge is 2.03. The number of para-hydroxylation sites is 1. The number of benzene rings is 1. The van der Waals surface area contributed by atoms with Crippen molar-refractivity contribution in [2.75, 3.05) is 20.7 Å². The molecule has 1 aromatic rings. The Morgan fingerprint density at radius 1 is 1.33 bits per heavy atom. The van der Waals surface area contributed by atoms with Crippen LogP contribution in [0.3, 0.4) is 0 Å². The number of nitrogens with one attached hydrogen (secondary N) is 2. The fourth-order valence-electron chi connectivity index (χ4n) is 1.51. The third-order valence-electron chi connectivity index (χ3n) is 2.34. The second-order valence-electron chi connectivity index (χ2n) is 3.65. The Labute approximate surface area is 91.8 Å². The summed E-state index contributed by atoms with van der Waals surface area (Å²) in [5.74, 6) is 0.946. The van der Waals surface area contributed by atoms with Crippen molar-refractivity contribution < 1.29 is 4.74 Å². The predicted octanol–water partition coefficient (Wildman–Crippen LogP) is 1.39. The zero-order valence-electron chi connectivity index (χ0n) is 9.71. The summed E-state index contributed by atoms with van der Waals surface area (Å²) < 4.78 is 5.28. The Kier molecular flexibility index (Phi) is 5.15. The van der Waals surface area contributed by atoms with E-state index in [0.717, 1.165) is 18.8 Å². The van der Waals surface area contributed by atoms with E-state index in [2.05, 4.69) is 23.6 Å². The standard InChI is InChI=1S/C12H20N2O/c1-10(8-13-2)14-9-11-6-4-5-7-12(11)15-3/h4-7,10,13-14H,8-9H2,1-3H3. The highest BCUT2D eigenvalue weighted by atomic mass is 16.5. The molecule has 84 valence electrons. The lowest BCUT2D eigenvalue weighted by molar-refractivity contribution is 0.405. The van der Waals surface area contributed by atoms with Gasteiger partial charge in [-0.3, -0.25) is 0 Å². The monoisotopic (exact) mass is 208 g/mol. The molecular formula is C12H20N2O. The van der Waals surface area contributed by atoms with Gasteiger partial charge in [0.1, 0.15) is 5.75 Å². The zero-order valence-corrected chi connectivity index (χ0v) is 9.71. The van der Waals surface area contributed by atoms with E-state index in [4.69, 9.17) is 4.74 Å². The smallest absolute Gasteiger partial charge is 0.123 e. The molecule has 0 radical (unpaired) electrons.